The second kappa shape index (κ2) is 13.4. The lowest BCUT2D eigenvalue weighted by molar-refractivity contribution is -0.163. The SMILES string of the molecule is CC(Cl)(Cl)[C@H](C(=O)Nc1ccc(Cl)c(C(=O)Nc2ccc(F)c(NC(=O)C(F)(F)C(F)F)c2F)c1)c1ccc(Cl)c(Cl)c1. The lowest BCUT2D eigenvalue weighted by atomic mass is 9.94. The number of nitrogens with one attached hydrogen (secondary N) is 3. The van der Waals surface area contributed by atoms with Crippen molar-refractivity contribution in [1.82, 2.24) is 0 Å². The van der Waals surface area contributed by atoms with Gasteiger partial charge in [0.05, 0.1) is 32.2 Å². The van der Waals surface area contributed by atoms with E-state index in [1.807, 2.05) is 5.32 Å². The minimum absolute atomic E-state index is 0.0102. The molecule has 1 atom stereocenters. The molecule has 0 aliphatic heterocycles. The van der Waals surface area contributed by atoms with E-state index in [0.717, 1.165) is 11.4 Å². The van der Waals surface area contributed by atoms with Gasteiger partial charge in [0, 0.05) is 5.69 Å². The Balaban J connectivity index is 1.87. The number of anilines is 3. The van der Waals surface area contributed by atoms with Crippen molar-refractivity contribution in [3.8, 4) is 0 Å². The average Bonchev–Trinajstić information content (AvgIpc) is 2.90. The van der Waals surface area contributed by atoms with Crippen LogP contribution in [0.3, 0.4) is 0 Å². The van der Waals surface area contributed by atoms with Crippen LogP contribution in [0.5, 0.6) is 0 Å². The Morgan fingerprint density at radius 1 is 0.814 bits per heavy atom. The first kappa shape index (κ1) is 34.6. The van der Waals surface area contributed by atoms with E-state index in [1.54, 1.807) is 0 Å². The molecule has 0 fully saturated rings. The predicted octanol–water partition coefficient (Wildman–Crippen LogP) is 8.93. The molecule has 0 aromatic heterocycles. The first-order valence-electron chi connectivity index (χ1n) is 11.5. The van der Waals surface area contributed by atoms with E-state index < -0.39 is 63.3 Å². The third kappa shape index (κ3) is 7.98. The van der Waals surface area contributed by atoms with Crippen molar-refractivity contribution in [1.29, 1.82) is 0 Å². The van der Waals surface area contributed by atoms with Gasteiger partial charge in [0.25, 0.3) is 5.91 Å². The maximum atomic E-state index is 14.9. The number of hydrogen-bond donors (Lipinski definition) is 3. The van der Waals surface area contributed by atoms with Gasteiger partial charge in [-0.05, 0) is 55.0 Å². The van der Waals surface area contributed by atoms with Gasteiger partial charge in [0.1, 0.15) is 15.8 Å². The van der Waals surface area contributed by atoms with Crippen LogP contribution in [0.25, 0.3) is 0 Å². The van der Waals surface area contributed by atoms with E-state index in [0.29, 0.717) is 17.7 Å². The lowest BCUT2D eigenvalue weighted by Crippen LogP contribution is -2.41. The Morgan fingerprint density at radius 3 is 2.02 bits per heavy atom. The molecule has 0 saturated carbocycles. The molecule has 3 rings (SSSR count). The van der Waals surface area contributed by atoms with Crippen molar-refractivity contribution in [2.45, 2.75) is 29.5 Å². The molecule has 6 nitrogen and oxygen atoms in total. The summed E-state index contributed by atoms with van der Waals surface area (Å²) in [5.74, 6) is -14.4. The molecular weight excluding hydrogens is 694 g/mol. The second-order valence-corrected chi connectivity index (χ2v) is 11.8. The maximum absolute atomic E-state index is 14.9. The van der Waals surface area contributed by atoms with Gasteiger partial charge in [-0.15, -0.1) is 23.2 Å². The highest BCUT2D eigenvalue weighted by Gasteiger charge is 2.49. The highest BCUT2D eigenvalue weighted by Crippen LogP contribution is 2.40. The van der Waals surface area contributed by atoms with Gasteiger partial charge in [-0.25, -0.2) is 17.6 Å². The summed E-state index contributed by atoms with van der Waals surface area (Å²) in [6.07, 6.45) is -4.46. The van der Waals surface area contributed by atoms with Crippen LogP contribution in [-0.2, 0) is 9.59 Å². The molecular formula is C26H16Cl5F6N3O3. The minimum Gasteiger partial charge on any atom is -0.325 e. The van der Waals surface area contributed by atoms with Crippen LogP contribution in [0, 0.1) is 11.6 Å². The number of carbonyl (C=O) groups is 3. The normalized spacial score (nSPS) is 12.6. The summed E-state index contributed by atoms with van der Waals surface area (Å²) in [7, 11) is 0. The van der Waals surface area contributed by atoms with Crippen molar-refractivity contribution in [3.05, 3.63) is 86.4 Å². The summed E-state index contributed by atoms with van der Waals surface area (Å²) in [5, 5.41) is 5.70. The Bertz CT molecular complexity index is 1590. The number of halogens is 11. The number of carbonyl (C=O) groups excluding carboxylic acids is 3. The monoisotopic (exact) mass is 707 g/mol. The van der Waals surface area contributed by atoms with Crippen LogP contribution in [0.1, 0.15) is 28.8 Å². The topological polar surface area (TPSA) is 87.3 Å². The van der Waals surface area contributed by atoms with E-state index in [9.17, 15) is 40.7 Å². The zero-order valence-corrected chi connectivity index (χ0v) is 24.9. The Kier molecular flexibility index (Phi) is 10.8. The lowest BCUT2D eigenvalue weighted by Gasteiger charge is -2.26. The third-order valence-corrected chi connectivity index (χ3v) is 7.18. The van der Waals surface area contributed by atoms with Gasteiger partial charge >= 0.3 is 18.3 Å². The predicted molar refractivity (Wildman–Crippen MR) is 153 cm³/mol. The van der Waals surface area contributed by atoms with E-state index >= 15 is 0 Å². The van der Waals surface area contributed by atoms with Crippen molar-refractivity contribution >= 4 is 92.8 Å². The highest BCUT2D eigenvalue weighted by molar-refractivity contribution is 6.50. The summed E-state index contributed by atoms with van der Waals surface area (Å²) < 4.78 is 78.8. The molecule has 0 saturated heterocycles. The van der Waals surface area contributed by atoms with Gasteiger partial charge in [0.2, 0.25) is 5.91 Å². The number of hydrogen-bond acceptors (Lipinski definition) is 3. The molecule has 230 valence electrons. The zero-order chi connectivity index (χ0) is 32.4. The van der Waals surface area contributed by atoms with Gasteiger partial charge in [-0.1, -0.05) is 40.9 Å². The minimum atomic E-state index is -5.26. The van der Waals surface area contributed by atoms with Crippen LogP contribution in [0.4, 0.5) is 43.4 Å². The average molecular weight is 710 g/mol. The summed E-state index contributed by atoms with van der Waals surface area (Å²) in [5.41, 5.74) is -2.43. The molecule has 0 spiro atoms. The Morgan fingerprint density at radius 2 is 1.44 bits per heavy atom. The fourth-order valence-electron chi connectivity index (χ4n) is 3.61. The number of amides is 3. The molecule has 3 aromatic carbocycles. The quantitative estimate of drug-likeness (QED) is 0.153. The highest BCUT2D eigenvalue weighted by atomic mass is 35.5. The van der Waals surface area contributed by atoms with Gasteiger partial charge in [0.15, 0.2) is 5.82 Å². The van der Waals surface area contributed by atoms with Crippen LogP contribution in [-0.4, -0.2) is 34.4 Å². The van der Waals surface area contributed by atoms with Crippen molar-refractivity contribution in [2.24, 2.45) is 0 Å². The summed E-state index contributed by atoms with van der Waals surface area (Å²) in [6.45, 7) is 1.35. The van der Waals surface area contributed by atoms with E-state index in [2.05, 4.69) is 5.32 Å². The molecule has 3 N–H and O–H groups in total. The summed E-state index contributed by atoms with van der Waals surface area (Å²) in [6, 6.07) is 9.02. The van der Waals surface area contributed by atoms with Crippen molar-refractivity contribution in [3.63, 3.8) is 0 Å². The van der Waals surface area contributed by atoms with E-state index in [1.165, 1.54) is 37.3 Å². The molecule has 17 heteroatoms. The van der Waals surface area contributed by atoms with Crippen LogP contribution in [0.2, 0.25) is 15.1 Å². The number of alkyl halides is 6. The van der Waals surface area contributed by atoms with Gasteiger partial charge in [-0.2, -0.15) is 8.78 Å². The summed E-state index contributed by atoms with van der Waals surface area (Å²) in [4.78, 5) is 37.6. The fraction of sp³-hybridized carbons (Fsp3) is 0.192. The first-order valence-corrected chi connectivity index (χ1v) is 13.4. The Labute approximate surface area is 264 Å². The van der Waals surface area contributed by atoms with Crippen LogP contribution < -0.4 is 16.0 Å². The van der Waals surface area contributed by atoms with E-state index in [4.69, 9.17) is 58.0 Å². The number of benzene rings is 3. The summed E-state index contributed by atoms with van der Waals surface area (Å²) >= 11 is 30.6. The molecule has 0 aliphatic rings. The van der Waals surface area contributed by atoms with Crippen LogP contribution in [0.15, 0.2) is 48.5 Å². The molecule has 43 heavy (non-hydrogen) atoms. The molecule has 0 aliphatic carbocycles. The number of rotatable bonds is 9. The maximum Gasteiger partial charge on any atom is 0.383 e. The second-order valence-electron chi connectivity index (χ2n) is 8.86. The third-order valence-electron chi connectivity index (χ3n) is 5.68. The van der Waals surface area contributed by atoms with Gasteiger partial charge < -0.3 is 16.0 Å². The molecule has 0 heterocycles. The molecule has 3 aromatic rings. The van der Waals surface area contributed by atoms with Crippen molar-refractivity contribution < 1.29 is 40.7 Å². The molecule has 0 radical (unpaired) electrons. The first-order chi connectivity index (χ1) is 19.8. The zero-order valence-electron chi connectivity index (χ0n) is 21.2. The largest absolute Gasteiger partial charge is 0.383 e. The van der Waals surface area contributed by atoms with Gasteiger partial charge in [-0.3, -0.25) is 14.4 Å². The Hall–Kier alpha value is -2.90. The molecule has 0 unspecified atom stereocenters. The fourth-order valence-corrected chi connectivity index (χ4v) is 4.57. The molecule has 3 amide bonds. The smallest absolute Gasteiger partial charge is 0.325 e. The van der Waals surface area contributed by atoms with Crippen LogP contribution >= 0.6 is 58.0 Å². The van der Waals surface area contributed by atoms with E-state index in [-0.39, 0.29) is 26.3 Å². The molecule has 0 bridgehead atoms. The van der Waals surface area contributed by atoms with Crippen molar-refractivity contribution in [2.75, 3.05) is 16.0 Å². The standard InChI is InChI=1S/C26H16Cl5F6N3O3/c1-25(30,31)18(10-2-4-14(28)15(29)8-10)22(42)38-11-3-5-13(27)12(9-11)21(41)39-17-7-6-16(32)20(19(17)33)40-24(43)26(36,37)23(34)35/h2-9,18,23H,1H3,(H,38,42)(H,39,41)(H,40,43)/t18-/m0/s1.